The van der Waals surface area contributed by atoms with Gasteiger partial charge < -0.3 is 29.9 Å². The van der Waals surface area contributed by atoms with Gasteiger partial charge in [0.25, 0.3) is 0 Å². The fraction of sp³-hybridized carbons (Fsp3) is 0.300. The van der Waals surface area contributed by atoms with E-state index in [9.17, 15) is 4.79 Å². The second-order valence-electron chi connectivity index (χ2n) is 10.4. The fourth-order valence-corrected chi connectivity index (χ4v) is 5.06. The number of rotatable bonds is 8. The van der Waals surface area contributed by atoms with E-state index in [0.29, 0.717) is 61.1 Å². The van der Waals surface area contributed by atoms with E-state index in [-0.39, 0.29) is 12.0 Å². The maximum absolute atomic E-state index is 12.3. The normalized spacial score (nSPS) is 14.3. The minimum absolute atomic E-state index is 0.145. The molecule has 6 rings (SSSR count). The number of amides is 1. The maximum Gasteiger partial charge on any atom is 0.247 e. The minimum atomic E-state index is -0.345. The SMILES string of the molecule is C=CC(=O)Nc1cc(Nc2nccc(-n3cc4c(n3)-c3ccccc3N(C)C4)n2)c(OC(C)C)nc1N1CCOCC1. The van der Waals surface area contributed by atoms with Crippen LogP contribution in [0.15, 0.2) is 61.4 Å². The Kier molecular flexibility index (Phi) is 7.44. The molecule has 2 aliphatic rings. The van der Waals surface area contributed by atoms with Gasteiger partial charge in [0.05, 0.1) is 30.7 Å². The van der Waals surface area contributed by atoms with E-state index in [0.717, 1.165) is 29.1 Å². The Morgan fingerprint density at radius 1 is 1.14 bits per heavy atom. The van der Waals surface area contributed by atoms with Crippen LogP contribution in [0.2, 0.25) is 0 Å². The van der Waals surface area contributed by atoms with Crippen molar-refractivity contribution in [1.29, 1.82) is 0 Å². The molecule has 42 heavy (non-hydrogen) atoms. The van der Waals surface area contributed by atoms with E-state index in [1.165, 1.54) is 6.08 Å². The summed E-state index contributed by atoms with van der Waals surface area (Å²) < 4.78 is 13.4. The van der Waals surface area contributed by atoms with Crippen LogP contribution in [0.4, 0.5) is 28.8 Å². The monoisotopic (exact) mass is 567 g/mol. The molecular weight excluding hydrogens is 534 g/mol. The zero-order valence-electron chi connectivity index (χ0n) is 23.9. The van der Waals surface area contributed by atoms with Crippen molar-refractivity contribution < 1.29 is 14.3 Å². The molecule has 1 amide bonds. The van der Waals surface area contributed by atoms with Crippen molar-refractivity contribution in [1.82, 2.24) is 24.7 Å². The Morgan fingerprint density at radius 2 is 1.95 bits per heavy atom. The lowest BCUT2D eigenvalue weighted by Gasteiger charge is -2.30. The number of anilines is 5. The summed E-state index contributed by atoms with van der Waals surface area (Å²) in [4.78, 5) is 30.6. The van der Waals surface area contributed by atoms with Gasteiger partial charge in [0.2, 0.25) is 17.7 Å². The lowest BCUT2D eigenvalue weighted by atomic mass is 10.0. The van der Waals surface area contributed by atoms with E-state index < -0.39 is 0 Å². The Balaban J connectivity index is 1.35. The predicted molar refractivity (Wildman–Crippen MR) is 162 cm³/mol. The minimum Gasteiger partial charge on any atom is -0.473 e. The summed E-state index contributed by atoms with van der Waals surface area (Å²) in [6, 6.07) is 11.8. The fourth-order valence-electron chi connectivity index (χ4n) is 5.06. The molecule has 1 saturated heterocycles. The largest absolute Gasteiger partial charge is 0.473 e. The number of aromatic nitrogens is 5. The lowest BCUT2D eigenvalue weighted by Crippen LogP contribution is -2.37. The highest BCUT2D eigenvalue weighted by Crippen LogP contribution is 2.38. The molecule has 0 unspecified atom stereocenters. The molecule has 12 nitrogen and oxygen atoms in total. The van der Waals surface area contributed by atoms with Gasteiger partial charge in [-0.2, -0.15) is 15.1 Å². The molecule has 0 atom stereocenters. The van der Waals surface area contributed by atoms with Crippen LogP contribution in [0, 0.1) is 0 Å². The number of morpholine rings is 1. The predicted octanol–water partition coefficient (Wildman–Crippen LogP) is 4.17. The topological polar surface area (TPSA) is 123 Å². The van der Waals surface area contributed by atoms with Crippen molar-refractivity contribution in [3.8, 4) is 23.0 Å². The third-order valence-corrected chi connectivity index (χ3v) is 6.96. The van der Waals surface area contributed by atoms with E-state index in [4.69, 9.17) is 24.5 Å². The number of fused-ring (bicyclic) bond motifs is 3. The quantitative estimate of drug-likeness (QED) is 0.300. The van der Waals surface area contributed by atoms with Crippen molar-refractivity contribution >= 4 is 34.7 Å². The number of para-hydroxylation sites is 1. The molecule has 1 aromatic carbocycles. The summed E-state index contributed by atoms with van der Waals surface area (Å²) in [5.41, 5.74) is 5.30. The van der Waals surface area contributed by atoms with Crippen LogP contribution in [0.1, 0.15) is 19.4 Å². The Morgan fingerprint density at radius 3 is 2.74 bits per heavy atom. The standard InChI is InChI=1S/C30H33N9O3/c1-5-26(40)32-22-16-23(29(42-19(2)3)35-28(22)38-12-14-41-15-13-38)33-30-31-11-10-25(34-30)39-18-20-17-37(4)24-9-7-6-8-21(24)27(20)36-39/h5-11,16,18-19H,1,12-15,17H2,2-4H3,(H,32,40)(H,31,33,34). The molecular formula is C30H33N9O3. The Labute approximate surface area is 244 Å². The van der Waals surface area contributed by atoms with Crippen LogP contribution >= 0.6 is 0 Å². The maximum atomic E-state index is 12.3. The molecule has 0 aliphatic carbocycles. The second-order valence-corrected chi connectivity index (χ2v) is 10.4. The van der Waals surface area contributed by atoms with Gasteiger partial charge in [-0.15, -0.1) is 0 Å². The second kappa shape index (κ2) is 11.5. The van der Waals surface area contributed by atoms with Crippen LogP contribution in [0.25, 0.3) is 17.1 Å². The summed E-state index contributed by atoms with van der Waals surface area (Å²) in [5.74, 6) is 1.55. The summed E-state index contributed by atoms with van der Waals surface area (Å²) in [7, 11) is 2.08. The van der Waals surface area contributed by atoms with E-state index in [1.807, 2.05) is 32.2 Å². The zero-order chi connectivity index (χ0) is 29.2. The molecule has 0 saturated carbocycles. The summed E-state index contributed by atoms with van der Waals surface area (Å²) in [6.45, 7) is 10.6. The number of carbonyl (C=O) groups is 1. The van der Waals surface area contributed by atoms with Crippen LogP contribution in [-0.4, -0.2) is 70.1 Å². The number of nitrogens with zero attached hydrogens (tertiary/aromatic N) is 7. The van der Waals surface area contributed by atoms with Crippen LogP contribution < -0.4 is 25.2 Å². The molecule has 3 aromatic heterocycles. The average molecular weight is 568 g/mol. The first-order valence-corrected chi connectivity index (χ1v) is 13.9. The summed E-state index contributed by atoms with van der Waals surface area (Å²) >= 11 is 0. The van der Waals surface area contributed by atoms with Gasteiger partial charge in [-0.05, 0) is 32.1 Å². The Hall–Kier alpha value is -4.97. The van der Waals surface area contributed by atoms with Crippen molar-refractivity contribution in [3.63, 3.8) is 0 Å². The molecule has 4 aromatic rings. The highest BCUT2D eigenvalue weighted by molar-refractivity contribution is 6.01. The van der Waals surface area contributed by atoms with Gasteiger partial charge in [-0.3, -0.25) is 4.79 Å². The van der Waals surface area contributed by atoms with Gasteiger partial charge in [-0.25, -0.2) is 9.67 Å². The van der Waals surface area contributed by atoms with Crippen molar-refractivity contribution in [3.05, 3.63) is 67.0 Å². The highest BCUT2D eigenvalue weighted by Gasteiger charge is 2.24. The van der Waals surface area contributed by atoms with Gasteiger partial charge in [0.15, 0.2) is 11.6 Å². The third-order valence-electron chi connectivity index (χ3n) is 6.96. The van der Waals surface area contributed by atoms with Crippen LogP contribution in [-0.2, 0) is 16.1 Å². The molecule has 216 valence electrons. The molecule has 1 fully saturated rings. The van der Waals surface area contributed by atoms with Crippen LogP contribution in [0.3, 0.4) is 0 Å². The van der Waals surface area contributed by atoms with E-state index in [2.05, 4.69) is 51.2 Å². The first-order chi connectivity index (χ1) is 20.4. The third kappa shape index (κ3) is 5.48. The van der Waals surface area contributed by atoms with E-state index >= 15 is 0 Å². The van der Waals surface area contributed by atoms with E-state index in [1.54, 1.807) is 23.0 Å². The van der Waals surface area contributed by atoms with Gasteiger partial charge in [0, 0.05) is 62.0 Å². The van der Waals surface area contributed by atoms with Gasteiger partial charge >= 0.3 is 0 Å². The number of pyridine rings is 1. The molecule has 0 bridgehead atoms. The number of ether oxygens (including phenoxy) is 2. The number of benzene rings is 1. The molecule has 2 aliphatic heterocycles. The van der Waals surface area contributed by atoms with Gasteiger partial charge in [-0.1, -0.05) is 24.8 Å². The van der Waals surface area contributed by atoms with Crippen molar-refractivity contribution in [2.75, 3.05) is 53.8 Å². The number of nitrogens with one attached hydrogen (secondary N) is 2. The Bertz CT molecular complexity index is 1630. The highest BCUT2D eigenvalue weighted by atomic mass is 16.5. The van der Waals surface area contributed by atoms with Gasteiger partial charge in [0.1, 0.15) is 5.69 Å². The summed E-state index contributed by atoms with van der Waals surface area (Å²) in [6.07, 6.45) is 4.75. The molecule has 12 heteroatoms. The average Bonchev–Trinajstić information content (AvgIpc) is 3.43. The number of hydrogen-bond donors (Lipinski definition) is 2. The smallest absolute Gasteiger partial charge is 0.247 e. The first kappa shape index (κ1) is 27.2. The van der Waals surface area contributed by atoms with Crippen LogP contribution in [0.5, 0.6) is 5.88 Å². The van der Waals surface area contributed by atoms with Crippen molar-refractivity contribution in [2.45, 2.75) is 26.5 Å². The molecule has 5 heterocycles. The summed E-state index contributed by atoms with van der Waals surface area (Å²) in [5, 5.41) is 11.0. The molecule has 0 radical (unpaired) electrons. The zero-order valence-corrected chi connectivity index (χ0v) is 23.9. The van der Waals surface area contributed by atoms with Crippen molar-refractivity contribution in [2.24, 2.45) is 0 Å². The first-order valence-electron chi connectivity index (χ1n) is 13.9. The lowest BCUT2D eigenvalue weighted by molar-refractivity contribution is -0.111. The molecule has 0 spiro atoms. The number of hydrogen-bond acceptors (Lipinski definition) is 10. The molecule has 2 N–H and O–H groups in total. The number of carbonyl (C=O) groups excluding carboxylic acids is 1.